The van der Waals surface area contributed by atoms with Crippen LogP contribution in [0.4, 0.5) is 20.6 Å². The number of thiocarbonyl (C=S) groups is 1. The molecule has 2 heterocycles. The zero-order chi connectivity index (χ0) is 17.1. The van der Waals surface area contributed by atoms with Crippen LogP contribution in [-0.2, 0) is 4.74 Å². The predicted molar refractivity (Wildman–Crippen MR) is 98.3 cm³/mol. The number of halogens is 1. The van der Waals surface area contributed by atoms with Crippen molar-refractivity contribution in [2.24, 2.45) is 5.73 Å². The monoisotopic (exact) mass is 370 g/mol. The van der Waals surface area contributed by atoms with Gasteiger partial charge in [0.2, 0.25) is 0 Å². The zero-order valence-electron chi connectivity index (χ0n) is 13.0. The van der Waals surface area contributed by atoms with E-state index in [1.54, 1.807) is 12.1 Å². The number of amides is 1. The summed E-state index contributed by atoms with van der Waals surface area (Å²) in [7, 11) is 0. The van der Waals surface area contributed by atoms with E-state index < -0.39 is 6.09 Å². The standard InChI is InChI=1S/C15H19FN4O2S2/c16-12-7-10(1-2-13(12)19-3-5-24-6-4-19)20-9-11(22-15(20)21)8-18-14(17)23/h1-2,7,11H,3-6,8-9H2,(H3,17,18,23). The maximum atomic E-state index is 14.5. The molecule has 24 heavy (non-hydrogen) atoms. The van der Waals surface area contributed by atoms with E-state index >= 15 is 0 Å². The van der Waals surface area contributed by atoms with Gasteiger partial charge in [-0.2, -0.15) is 11.8 Å². The van der Waals surface area contributed by atoms with Crippen molar-refractivity contribution in [1.82, 2.24) is 5.32 Å². The summed E-state index contributed by atoms with van der Waals surface area (Å²) in [5, 5.41) is 2.92. The van der Waals surface area contributed by atoms with Gasteiger partial charge in [-0.25, -0.2) is 9.18 Å². The Bertz CT molecular complexity index is 640. The van der Waals surface area contributed by atoms with Gasteiger partial charge in [-0.15, -0.1) is 0 Å². The molecule has 9 heteroatoms. The van der Waals surface area contributed by atoms with Crippen molar-refractivity contribution in [2.75, 3.05) is 47.5 Å². The minimum atomic E-state index is -0.494. The third-order valence-corrected chi connectivity index (χ3v) is 5.06. The molecule has 2 aliphatic rings. The quantitative estimate of drug-likeness (QED) is 0.779. The highest BCUT2D eigenvalue weighted by atomic mass is 32.2. The third-order valence-electron chi connectivity index (χ3n) is 3.97. The van der Waals surface area contributed by atoms with E-state index in [0.29, 0.717) is 24.5 Å². The van der Waals surface area contributed by atoms with Crippen LogP contribution < -0.4 is 20.9 Å². The van der Waals surface area contributed by atoms with E-state index in [0.717, 1.165) is 24.6 Å². The molecule has 1 aromatic carbocycles. The molecule has 2 aliphatic heterocycles. The lowest BCUT2D eigenvalue weighted by atomic mass is 10.2. The van der Waals surface area contributed by atoms with Crippen molar-refractivity contribution < 1.29 is 13.9 Å². The predicted octanol–water partition coefficient (Wildman–Crippen LogP) is 1.54. The highest BCUT2D eigenvalue weighted by molar-refractivity contribution is 7.99. The zero-order valence-corrected chi connectivity index (χ0v) is 14.7. The van der Waals surface area contributed by atoms with Crippen LogP contribution in [0.5, 0.6) is 0 Å². The van der Waals surface area contributed by atoms with Crippen LogP contribution in [0.3, 0.4) is 0 Å². The largest absolute Gasteiger partial charge is 0.442 e. The highest BCUT2D eigenvalue weighted by Gasteiger charge is 2.32. The molecule has 0 radical (unpaired) electrons. The normalized spacial score (nSPS) is 20.9. The second-order valence-electron chi connectivity index (χ2n) is 5.60. The highest BCUT2D eigenvalue weighted by Crippen LogP contribution is 2.29. The van der Waals surface area contributed by atoms with Crippen LogP contribution in [0.15, 0.2) is 18.2 Å². The van der Waals surface area contributed by atoms with Crippen LogP contribution in [0.2, 0.25) is 0 Å². The molecule has 0 aromatic heterocycles. The van der Waals surface area contributed by atoms with E-state index in [9.17, 15) is 9.18 Å². The molecular weight excluding hydrogens is 351 g/mol. The molecule has 1 amide bonds. The van der Waals surface area contributed by atoms with Crippen LogP contribution in [-0.4, -0.2) is 55.0 Å². The van der Waals surface area contributed by atoms with Gasteiger partial charge >= 0.3 is 6.09 Å². The fourth-order valence-corrected chi connectivity index (χ4v) is 3.76. The van der Waals surface area contributed by atoms with Gasteiger partial charge in [0, 0.05) is 24.6 Å². The summed E-state index contributed by atoms with van der Waals surface area (Å²) in [6.07, 6.45) is -0.868. The number of benzene rings is 1. The molecule has 0 saturated carbocycles. The summed E-state index contributed by atoms with van der Waals surface area (Å²) in [6.45, 7) is 2.33. The molecular formula is C15H19FN4O2S2. The lowest BCUT2D eigenvalue weighted by Crippen LogP contribution is -2.37. The number of carbonyl (C=O) groups excluding carboxylic acids is 1. The van der Waals surface area contributed by atoms with E-state index in [1.807, 2.05) is 16.7 Å². The first-order valence-corrected chi connectivity index (χ1v) is 9.24. The Labute approximate surface area is 149 Å². The summed E-state index contributed by atoms with van der Waals surface area (Å²) in [5.41, 5.74) is 6.44. The Morgan fingerprint density at radius 2 is 2.21 bits per heavy atom. The number of nitrogens with one attached hydrogen (secondary N) is 1. The molecule has 1 aromatic rings. The van der Waals surface area contributed by atoms with Crippen molar-refractivity contribution >= 4 is 46.6 Å². The van der Waals surface area contributed by atoms with Gasteiger partial charge in [-0.3, -0.25) is 4.90 Å². The van der Waals surface area contributed by atoms with Gasteiger partial charge in [0.15, 0.2) is 5.11 Å². The molecule has 2 fully saturated rings. The Kier molecular flexibility index (Phi) is 5.30. The Morgan fingerprint density at radius 1 is 1.46 bits per heavy atom. The molecule has 130 valence electrons. The summed E-state index contributed by atoms with van der Waals surface area (Å²) >= 11 is 6.61. The number of rotatable bonds is 4. The van der Waals surface area contributed by atoms with Gasteiger partial charge in [0.05, 0.1) is 24.5 Å². The molecule has 0 spiro atoms. The number of cyclic esters (lactones) is 1. The van der Waals surface area contributed by atoms with Gasteiger partial charge in [-0.1, -0.05) is 0 Å². The van der Waals surface area contributed by atoms with E-state index in [1.165, 1.54) is 11.0 Å². The van der Waals surface area contributed by atoms with Crippen molar-refractivity contribution in [3.8, 4) is 0 Å². The second-order valence-corrected chi connectivity index (χ2v) is 7.26. The number of hydrogen-bond acceptors (Lipinski definition) is 5. The molecule has 1 atom stereocenters. The Morgan fingerprint density at radius 3 is 2.88 bits per heavy atom. The minimum absolute atomic E-state index is 0.152. The Hall–Kier alpha value is -1.74. The average molecular weight is 370 g/mol. The number of anilines is 2. The Balaban J connectivity index is 1.69. The summed E-state index contributed by atoms with van der Waals surface area (Å²) in [6, 6.07) is 4.88. The van der Waals surface area contributed by atoms with E-state index in [2.05, 4.69) is 5.32 Å². The smallest absolute Gasteiger partial charge is 0.414 e. The first kappa shape index (κ1) is 17.1. The fraction of sp³-hybridized carbons (Fsp3) is 0.467. The first-order chi connectivity index (χ1) is 11.5. The molecule has 2 saturated heterocycles. The lowest BCUT2D eigenvalue weighted by Gasteiger charge is -2.29. The van der Waals surface area contributed by atoms with Gasteiger partial charge in [0.25, 0.3) is 0 Å². The molecule has 3 N–H and O–H groups in total. The third kappa shape index (κ3) is 3.84. The molecule has 0 bridgehead atoms. The number of thioether (sulfide) groups is 1. The second kappa shape index (κ2) is 7.43. The van der Waals surface area contributed by atoms with Gasteiger partial charge < -0.3 is 20.7 Å². The van der Waals surface area contributed by atoms with Crippen LogP contribution in [0, 0.1) is 5.82 Å². The van der Waals surface area contributed by atoms with Crippen LogP contribution >= 0.6 is 24.0 Å². The number of nitrogens with two attached hydrogens (primary N) is 1. The first-order valence-electron chi connectivity index (χ1n) is 7.68. The van der Waals surface area contributed by atoms with Crippen molar-refractivity contribution in [3.05, 3.63) is 24.0 Å². The maximum Gasteiger partial charge on any atom is 0.414 e. The molecule has 3 rings (SSSR count). The lowest BCUT2D eigenvalue weighted by molar-refractivity contribution is 0.143. The summed E-state index contributed by atoms with van der Waals surface area (Å²) in [4.78, 5) is 15.5. The summed E-state index contributed by atoms with van der Waals surface area (Å²) in [5.74, 6) is 1.67. The molecule has 0 aliphatic carbocycles. The number of hydrogen-bond donors (Lipinski definition) is 2. The fourth-order valence-electron chi connectivity index (χ4n) is 2.78. The summed E-state index contributed by atoms with van der Waals surface area (Å²) < 4.78 is 19.7. The van der Waals surface area contributed by atoms with Crippen molar-refractivity contribution in [2.45, 2.75) is 6.10 Å². The minimum Gasteiger partial charge on any atom is -0.442 e. The molecule has 1 unspecified atom stereocenters. The van der Waals surface area contributed by atoms with Crippen molar-refractivity contribution in [3.63, 3.8) is 0 Å². The van der Waals surface area contributed by atoms with E-state index in [4.69, 9.17) is 22.7 Å². The number of nitrogens with zero attached hydrogens (tertiary/aromatic N) is 2. The molecule has 6 nitrogen and oxygen atoms in total. The van der Waals surface area contributed by atoms with Crippen LogP contribution in [0.25, 0.3) is 0 Å². The maximum absolute atomic E-state index is 14.5. The average Bonchev–Trinajstić information content (AvgIpc) is 2.94. The van der Waals surface area contributed by atoms with Gasteiger partial charge in [0.1, 0.15) is 11.9 Å². The topological polar surface area (TPSA) is 70.8 Å². The number of ether oxygens (including phenoxy) is 1. The van der Waals surface area contributed by atoms with E-state index in [-0.39, 0.29) is 17.0 Å². The van der Waals surface area contributed by atoms with Gasteiger partial charge in [-0.05, 0) is 30.4 Å². The van der Waals surface area contributed by atoms with Crippen molar-refractivity contribution in [1.29, 1.82) is 0 Å². The SMILES string of the molecule is NC(=S)NCC1CN(c2ccc(N3CCSCC3)c(F)c2)C(=O)O1. The number of carbonyl (C=O) groups is 1. The van der Waals surface area contributed by atoms with Crippen LogP contribution in [0.1, 0.15) is 0 Å².